The summed E-state index contributed by atoms with van der Waals surface area (Å²) in [7, 11) is 0. The minimum absolute atomic E-state index is 0.0153. The van der Waals surface area contributed by atoms with E-state index in [9.17, 15) is 18.0 Å². The Morgan fingerprint density at radius 1 is 1.14 bits per heavy atom. The molecule has 6 nitrogen and oxygen atoms in total. The lowest BCUT2D eigenvalue weighted by Gasteiger charge is -2.13. The molecule has 0 saturated heterocycles. The molecule has 0 bridgehead atoms. The van der Waals surface area contributed by atoms with Crippen molar-refractivity contribution in [3.8, 4) is 11.4 Å². The van der Waals surface area contributed by atoms with Crippen molar-refractivity contribution < 1.29 is 18.0 Å². The number of tetrazole rings is 1. The van der Waals surface area contributed by atoms with Gasteiger partial charge in [-0.1, -0.05) is 44.2 Å². The quantitative estimate of drug-likeness (QED) is 0.712. The van der Waals surface area contributed by atoms with Gasteiger partial charge >= 0.3 is 6.18 Å². The van der Waals surface area contributed by atoms with Crippen LogP contribution in [-0.4, -0.2) is 26.1 Å². The number of rotatable bonds is 5. The second-order valence-electron chi connectivity index (χ2n) is 6.51. The molecule has 1 N–H and O–H groups in total. The fraction of sp³-hybridized carbons (Fsp3) is 0.263. The molecule has 0 fully saturated rings. The molecule has 0 aliphatic carbocycles. The van der Waals surface area contributed by atoms with Crippen LogP contribution >= 0.6 is 0 Å². The third-order valence-electron chi connectivity index (χ3n) is 4.04. The lowest BCUT2D eigenvalue weighted by atomic mass is 10.0. The average molecular weight is 389 g/mol. The molecule has 2 aromatic carbocycles. The molecule has 3 rings (SSSR count). The van der Waals surface area contributed by atoms with Gasteiger partial charge in [0.05, 0.1) is 5.56 Å². The summed E-state index contributed by atoms with van der Waals surface area (Å²) in [5, 5.41) is 14.3. The van der Waals surface area contributed by atoms with E-state index in [1.54, 1.807) is 6.07 Å². The molecule has 1 aromatic heterocycles. The van der Waals surface area contributed by atoms with E-state index in [0.717, 1.165) is 22.5 Å². The number of carbonyl (C=O) groups excluding carboxylic acids is 1. The predicted octanol–water partition coefficient (Wildman–Crippen LogP) is 4.12. The molecule has 0 radical (unpaired) electrons. The van der Waals surface area contributed by atoms with Crippen LogP contribution in [0.5, 0.6) is 0 Å². The van der Waals surface area contributed by atoms with Crippen LogP contribution in [0.4, 0.5) is 18.9 Å². The highest BCUT2D eigenvalue weighted by Gasteiger charge is 2.30. The van der Waals surface area contributed by atoms with Crippen molar-refractivity contribution in [1.82, 2.24) is 20.2 Å². The number of alkyl halides is 3. The Balaban J connectivity index is 1.73. The third kappa shape index (κ3) is 4.54. The first-order valence-electron chi connectivity index (χ1n) is 8.58. The topological polar surface area (TPSA) is 72.7 Å². The zero-order valence-corrected chi connectivity index (χ0v) is 15.2. The number of anilines is 1. The first-order valence-corrected chi connectivity index (χ1v) is 8.58. The van der Waals surface area contributed by atoms with Gasteiger partial charge in [-0.2, -0.15) is 18.0 Å². The van der Waals surface area contributed by atoms with Crippen molar-refractivity contribution in [3.63, 3.8) is 0 Å². The summed E-state index contributed by atoms with van der Waals surface area (Å²) >= 11 is 0. The molecule has 1 amide bonds. The van der Waals surface area contributed by atoms with Gasteiger partial charge < -0.3 is 5.32 Å². The lowest BCUT2D eigenvalue weighted by molar-refractivity contribution is -0.137. The first kappa shape index (κ1) is 19.5. The SMILES string of the molecule is CC(C)c1ccccc1NC(=O)Cn1nnc(-c2cccc(C(F)(F)F)c2)n1. The summed E-state index contributed by atoms with van der Waals surface area (Å²) in [6.45, 7) is 3.83. The van der Waals surface area contributed by atoms with E-state index in [2.05, 4.69) is 20.7 Å². The van der Waals surface area contributed by atoms with Crippen molar-refractivity contribution in [1.29, 1.82) is 0 Å². The van der Waals surface area contributed by atoms with Crippen LogP contribution in [0.2, 0.25) is 0 Å². The summed E-state index contributed by atoms with van der Waals surface area (Å²) in [4.78, 5) is 13.3. The summed E-state index contributed by atoms with van der Waals surface area (Å²) in [5.74, 6) is -0.115. The van der Waals surface area contributed by atoms with Gasteiger partial charge in [0.1, 0.15) is 6.54 Å². The van der Waals surface area contributed by atoms with Crippen molar-refractivity contribution in [2.24, 2.45) is 0 Å². The van der Waals surface area contributed by atoms with Crippen molar-refractivity contribution >= 4 is 11.6 Å². The maximum Gasteiger partial charge on any atom is 0.416 e. The summed E-state index contributed by atoms with van der Waals surface area (Å²) in [6.07, 6.45) is -4.46. The molecule has 1 heterocycles. The number of carbonyl (C=O) groups is 1. The zero-order valence-electron chi connectivity index (χ0n) is 15.2. The monoisotopic (exact) mass is 389 g/mol. The maximum atomic E-state index is 12.8. The molecule has 0 aliphatic rings. The van der Waals surface area contributed by atoms with Crippen LogP contribution in [0.25, 0.3) is 11.4 Å². The van der Waals surface area contributed by atoms with Gasteiger partial charge in [-0.3, -0.25) is 4.79 Å². The highest BCUT2D eigenvalue weighted by atomic mass is 19.4. The van der Waals surface area contributed by atoms with E-state index < -0.39 is 11.7 Å². The number of halogens is 3. The minimum atomic E-state index is -4.46. The van der Waals surface area contributed by atoms with E-state index in [4.69, 9.17) is 0 Å². The second-order valence-corrected chi connectivity index (χ2v) is 6.51. The predicted molar refractivity (Wildman–Crippen MR) is 97.4 cm³/mol. The molecule has 3 aromatic rings. The summed E-state index contributed by atoms with van der Waals surface area (Å²) in [6, 6.07) is 12.1. The Bertz CT molecular complexity index is 981. The smallest absolute Gasteiger partial charge is 0.324 e. The van der Waals surface area contributed by atoms with E-state index in [1.807, 2.05) is 32.0 Å². The molecule has 0 unspecified atom stereocenters. The highest BCUT2D eigenvalue weighted by molar-refractivity contribution is 5.91. The van der Waals surface area contributed by atoms with Crippen LogP contribution in [0, 0.1) is 0 Å². The summed E-state index contributed by atoms with van der Waals surface area (Å²) in [5.41, 5.74) is 1.06. The van der Waals surface area contributed by atoms with Gasteiger partial charge in [-0.25, -0.2) is 0 Å². The molecule has 9 heteroatoms. The van der Waals surface area contributed by atoms with Gasteiger partial charge in [0, 0.05) is 11.3 Å². The molecule has 0 saturated carbocycles. The molecule has 0 aliphatic heterocycles. The summed E-state index contributed by atoms with van der Waals surface area (Å²) < 4.78 is 38.5. The van der Waals surface area contributed by atoms with E-state index in [1.165, 1.54) is 12.1 Å². The Kier molecular flexibility index (Phi) is 5.43. The van der Waals surface area contributed by atoms with Gasteiger partial charge in [0.2, 0.25) is 11.7 Å². The molecular formula is C19H18F3N5O. The Morgan fingerprint density at radius 3 is 2.61 bits per heavy atom. The van der Waals surface area contributed by atoms with Crippen molar-refractivity contribution in [2.45, 2.75) is 32.5 Å². The number of para-hydroxylation sites is 1. The Labute approximate surface area is 159 Å². The van der Waals surface area contributed by atoms with Crippen molar-refractivity contribution in [2.75, 3.05) is 5.32 Å². The van der Waals surface area contributed by atoms with Gasteiger partial charge in [-0.05, 0) is 34.9 Å². The fourth-order valence-corrected chi connectivity index (χ4v) is 2.69. The van der Waals surface area contributed by atoms with Gasteiger partial charge in [0.15, 0.2) is 0 Å². The fourth-order valence-electron chi connectivity index (χ4n) is 2.69. The van der Waals surface area contributed by atoms with Crippen LogP contribution in [0.3, 0.4) is 0 Å². The number of amides is 1. The number of nitrogens with zero attached hydrogens (tertiary/aromatic N) is 4. The standard InChI is InChI=1S/C19H18F3N5O/c1-12(2)15-8-3-4-9-16(15)23-17(28)11-27-25-18(24-26-27)13-6-5-7-14(10-13)19(20,21)22/h3-10,12H,11H2,1-2H3,(H,23,28). The Hall–Kier alpha value is -3.23. The van der Waals surface area contributed by atoms with Crippen LogP contribution in [0.1, 0.15) is 30.9 Å². The molecule has 146 valence electrons. The van der Waals surface area contributed by atoms with Crippen molar-refractivity contribution in [3.05, 3.63) is 59.7 Å². The van der Waals surface area contributed by atoms with Crippen LogP contribution < -0.4 is 5.32 Å². The van der Waals surface area contributed by atoms with Crippen LogP contribution in [0.15, 0.2) is 48.5 Å². The van der Waals surface area contributed by atoms with Crippen LogP contribution in [-0.2, 0) is 17.5 Å². The van der Waals surface area contributed by atoms with E-state index in [-0.39, 0.29) is 29.8 Å². The number of hydrogen-bond donors (Lipinski definition) is 1. The number of aromatic nitrogens is 4. The normalized spacial score (nSPS) is 11.6. The lowest BCUT2D eigenvalue weighted by Crippen LogP contribution is -2.21. The molecule has 0 atom stereocenters. The molecular weight excluding hydrogens is 371 g/mol. The highest BCUT2D eigenvalue weighted by Crippen LogP contribution is 2.31. The van der Waals surface area contributed by atoms with E-state index in [0.29, 0.717) is 5.69 Å². The number of benzene rings is 2. The largest absolute Gasteiger partial charge is 0.416 e. The molecule has 28 heavy (non-hydrogen) atoms. The molecule has 0 spiro atoms. The Morgan fingerprint density at radius 2 is 1.89 bits per heavy atom. The average Bonchev–Trinajstić information content (AvgIpc) is 3.09. The first-order chi connectivity index (χ1) is 13.2. The van der Waals surface area contributed by atoms with E-state index >= 15 is 0 Å². The zero-order chi connectivity index (χ0) is 20.3. The second kappa shape index (κ2) is 7.79. The maximum absolute atomic E-state index is 12.8. The van der Waals surface area contributed by atoms with Gasteiger partial charge in [-0.15, -0.1) is 10.2 Å². The minimum Gasteiger partial charge on any atom is -0.324 e. The van der Waals surface area contributed by atoms with Gasteiger partial charge in [0.25, 0.3) is 0 Å². The number of hydrogen-bond acceptors (Lipinski definition) is 4. The third-order valence-corrected chi connectivity index (χ3v) is 4.04. The number of nitrogens with one attached hydrogen (secondary N) is 1.